The van der Waals surface area contributed by atoms with Crippen molar-refractivity contribution in [3.05, 3.63) is 0 Å². The van der Waals surface area contributed by atoms with Crippen molar-refractivity contribution in [2.24, 2.45) is 0 Å². The van der Waals surface area contributed by atoms with Crippen LogP contribution in [0.4, 0.5) is 0 Å². The van der Waals surface area contributed by atoms with Gasteiger partial charge in [0, 0.05) is 38.9 Å². The molecule has 0 bridgehead atoms. The molecule has 1 N–H and O–H groups in total. The summed E-state index contributed by atoms with van der Waals surface area (Å²) in [6, 6.07) is 0.956. The zero-order valence-corrected chi connectivity index (χ0v) is 12.4. The summed E-state index contributed by atoms with van der Waals surface area (Å²) in [6.45, 7) is 11.3. The molecule has 1 saturated heterocycles. The number of nitrogens with one attached hydrogen (secondary N) is 1. The lowest BCUT2D eigenvalue weighted by atomic mass is 10.2. The van der Waals surface area contributed by atoms with Crippen molar-refractivity contribution in [2.45, 2.75) is 51.8 Å². The van der Waals surface area contributed by atoms with E-state index in [9.17, 15) is 0 Å². The van der Waals surface area contributed by atoms with Gasteiger partial charge in [-0.25, -0.2) is 0 Å². The first-order chi connectivity index (χ1) is 8.67. The molecule has 2 atom stereocenters. The molecule has 4 heteroatoms. The van der Waals surface area contributed by atoms with Crippen LogP contribution in [0.25, 0.3) is 0 Å². The lowest BCUT2D eigenvalue weighted by Gasteiger charge is -2.32. The minimum absolute atomic E-state index is 0.420. The van der Waals surface area contributed by atoms with Crippen molar-refractivity contribution in [1.29, 1.82) is 0 Å². The molecule has 0 aromatic rings. The van der Waals surface area contributed by atoms with Crippen LogP contribution in [-0.2, 0) is 9.47 Å². The highest BCUT2D eigenvalue weighted by atomic mass is 16.5. The monoisotopic (exact) mass is 258 g/mol. The average molecular weight is 258 g/mol. The molecule has 108 valence electrons. The molecule has 1 heterocycles. The molecule has 1 rings (SSSR count). The van der Waals surface area contributed by atoms with Gasteiger partial charge in [0.25, 0.3) is 0 Å². The number of likely N-dealkylation sites (N-methyl/N-ethyl adjacent to an activating group) is 1. The number of ether oxygens (including phenoxy) is 2. The molecule has 18 heavy (non-hydrogen) atoms. The predicted octanol–water partition coefficient (Wildman–Crippen LogP) is 1.50. The standard InChI is InChI=1S/C14H30N2O2/c1-5-16(10-14-7-6-8-18-14)13(11-17-4)9-15-12(2)3/h12-15H,5-11H2,1-4H3. The normalized spacial score (nSPS) is 22.0. The fraction of sp³-hybridized carbons (Fsp3) is 1.00. The smallest absolute Gasteiger partial charge is 0.0702 e. The van der Waals surface area contributed by atoms with Gasteiger partial charge in [-0.2, -0.15) is 0 Å². The van der Waals surface area contributed by atoms with Gasteiger partial charge in [-0.1, -0.05) is 20.8 Å². The largest absolute Gasteiger partial charge is 0.383 e. The minimum Gasteiger partial charge on any atom is -0.383 e. The highest BCUT2D eigenvalue weighted by molar-refractivity contribution is 4.78. The zero-order chi connectivity index (χ0) is 13.4. The second kappa shape index (κ2) is 8.86. The van der Waals surface area contributed by atoms with Crippen LogP contribution in [0.3, 0.4) is 0 Å². The first-order valence-corrected chi connectivity index (χ1v) is 7.25. The third-order valence-electron chi connectivity index (χ3n) is 3.51. The Morgan fingerprint density at radius 2 is 2.22 bits per heavy atom. The molecule has 0 aliphatic carbocycles. The Hall–Kier alpha value is -0.160. The van der Waals surface area contributed by atoms with E-state index in [1.807, 2.05) is 0 Å². The van der Waals surface area contributed by atoms with Gasteiger partial charge >= 0.3 is 0 Å². The number of hydrogen-bond donors (Lipinski definition) is 1. The van der Waals surface area contributed by atoms with E-state index in [-0.39, 0.29) is 0 Å². The molecule has 1 aliphatic rings. The summed E-state index contributed by atoms with van der Waals surface area (Å²) in [6.07, 6.45) is 2.83. The first-order valence-electron chi connectivity index (χ1n) is 7.25. The molecule has 0 amide bonds. The van der Waals surface area contributed by atoms with Gasteiger partial charge in [-0.3, -0.25) is 4.90 Å². The Bertz CT molecular complexity index is 206. The molecular formula is C14H30N2O2. The summed E-state index contributed by atoms with van der Waals surface area (Å²) in [7, 11) is 1.78. The Kier molecular flexibility index (Phi) is 7.82. The van der Waals surface area contributed by atoms with Crippen molar-refractivity contribution < 1.29 is 9.47 Å². The molecular weight excluding hydrogens is 228 g/mol. The molecule has 1 aliphatic heterocycles. The highest BCUT2D eigenvalue weighted by Crippen LogP contribution is 2.14. The Balaban J connectivity index is 2.43. The van der Waals surface area contributed by atoms with Gasteiger partial charge < -0.3 is 14.8 Å². The van der Waals surface area contributed by atoms with Crippen LogP contribution in [0.2, 0.25) is 0 Å². The fourth-order valence-corrected chi connectivity index (χ4v) is 2.44. The molecule has 1 fully saturated rings. The third-order valence-corrected chi connectivity index (χ3v) is 3.51. The van der Waals surface area contributed by atoms with Crippen LogP contribution >= 0.6 is 0 Å². The molecule has 0 aromatic heterocycles. The van der Waals surface area contributed by atoms with Gasteiger partial charge in [-0.05, 0) is 19.4 Å². The van der Waals surface area contributed by atoms with Crippen LogP contribution in [0.15, 0.2) is 0 Å². The topological polar surface area (TPSA) is 33.7 Å². The molecule has 0 radical (unpaired) electrons. The average Bonchev–Trinajstić information content (AvgIpc) is 2.84. The first kappa shape index (κ1) is 15.9. The van der Waals surface area contributed by atoms with E-state index in [4.69, 9.17) is 9.47 Å². The molecule has 0 saturated carbocycles. The lowest BCUT2D eigenvalue weighted by molar-refractivity contribution is 0.0352. The van der Waals surface area contributed by atoms with Crippen molar-refractivity contribution in [2.75, 3.05) is 40.0 Å². The van der Waals surface area contributed by atoms with E-state index in [0.29, 0.717) is 18.2 Å². The van der Waals surface area contributed by atoms with Crippen LogP contribution in [0.5, 0.6) is 0 Å². The summed E-state index contributed by atoms with van der Waals surface area (Å²) >= 11 is 0. The van der Waals surface area contributed by atoms with Crippen LogP contribution in [-0.4, -0.2) is 63.0 Å². The second-order valence-electron chi connectivity index (χ2n) is 5.39. The van der Waals surface area contributed by atoms with E-state index in [1.165, 1.54) is 12.8 Å². The number of hydrogen-bond acceptors (Lipinski definition) is 4. The van der Waals surface area contributed by atoms with Gasteiger partial charge in [0.15, 0.2) is 0 Å². The van der Waals surface area contributed by atoms with Crippen molar-refractivity contribution in [3.63, 3.8) is 0 Å². The summed E-state index contributed by atoms with van der Waals surface area (Å²) in [4.78, 5) is 2.48. The maximum Gasteiger partial charge on any atom is 0.0702 e. The highest BCUT2D eigenvalue weighted by Gasteiger charge is 2.23. The van der Waals surface area contributed by atoms with E-state index < -0.39 is 0 Å². The van der Waals surface area contributed by atoms with E-state index in [1.54, 1.807) is 7.11 Å². The number of methoxy groups -OCH3 is 1. The predicted molar refractivity (Wildman–Crippen MR) is 75.0 cm³/mol. The van der Waals surface area contributed by atoms with Crippen molar-refractivity contribution in [3.8, 4) is 0 Å². The molecule has 2 unspecified atom stereocenters. The third kappa shape index (κ3) is 5.65. The molecule has 4 nitrogen and oxygen atoms in total. The van der Waals surface area contributed by atoms with Crippen LogP contribution in [0, 0.1) is 0 Å². The van der Waals surface area contributed by atoms with Gasteiger partial charge in [-0.15, -0.1) is 0 Å². The number of nitrogens with zero attached hydrogens (tertiary/aromatic N) is 1. The van der Waals surface area contributed by atoms with E-state index in [0.717, 1.165) is 32.8 Å². The Morgan fingerprint density at radius 1 is 1.44 bits per heavy atom. The number of rotatable bonds is 9. The SMILES string of the molecule is CCN(CC1CCCO1)C(CNC(C)C)COC. The quantitative estimate of drug-likeness (QED) is 0.679. The maximum atomic E-state index is 5.74. The van der Waals surface area contributed by atoms with E-state index >= 15 is 0 Å². The van der Waals surface area contributed by atoms with Crippen molar-refractivity contribution in [1.82, 2.24) is 10.2 Å². The zero-order valence-electron chi connectivity index (χ0n) is 12.4. The minimum atomic E-state index is 0.420. The van der Waals surface area contributed by atoms with Gasteiger partial charge in [0.2, 0.25) is 0 Å². The molecule has 0 spiro atoms. The fourth-order valence-electron chi connectivity index (χ4n) is 2.44. The summed E-state index contributed by atoms with van der Waals surface area (Å²) in [5.41, 5.74) is 0. The van der Waals surface area contributed by atoms with Crippen molar-refractivity contribution >= 4 is 0 Å². The van der Waals surface area contributed by atoms with Crippen LogP contribution < -0.4 is 5.32 Å². The summed E-state index contributed by atoms with van der Waals surface area (Å²) in [5.74, 6) is 0. The maximum absolute atomic E-state index is 5.74. The van der Waals surface area contributed by atoms with Crippen LogP contribution in [0.1, 0.15) is 33.6 Å². The molecule has 0 aromatic carbocycles. The lowest BCUT2D eigenvalue weighted by Crippen LogP contribution is -2.49. The Morgan fingerprint density at radius 3 is 2.72 bits per heavy atom. The van der Waals surface area contributed by atoms with E-state index in [2.05, 4.69) is 31.0 Å². The van der Waals surface area contributed by atoms with Gasteiger partial charge in [0.05, 0.1) is 12.7 Å². The summed E-state index contributed by atoms with van der Waals surface area (Å²) < 4.78 is 11.1. The van der Waals surface area contributed by atoms with Gasteiger partial charge in [0.1, 0.15) is 0 Å². The summed E-state index contributed by atoms with van der Waals surface area (Å²) in [5, 5.41) is 3.51. The Labute approximate surface area is 112 Å². The second-order valence-corrected chi connectivity index (χ2v) is 5.39.